The zero-order valence-electron chi connectivity index (χ0n) is 8.17. The third-order valence-corrected chi connectivity index (χ3v) is 2.91. The minimum absolute atomic E-state index is 1.11. The van der Waals surface area contributed by atoms with E-state index >= 15 is 0 Å². The summed E-state index contributed by atoms with van der Waals surface area (Å²) in [6.07, 6.45) is 4.20. The maximum atomic E-state index is 4.10. The maximum Gasteiger partial charge on any atom is 0.0685 e. The maximum absolute atomic E-state index is 4.10. The van der Waals surface area contributed by atoms with E-state index < -0.39 is 0 Å². The summed E-state index contributed by atoms with van der Waals surface area (Å²) in [4.78, 5) is 0. The van der Waals surface area contributed by atoms with Gasteiger partial charge in [-0.05, 0) is 30.9 Å². The first-order chi connectivity index (χ1) is 6.84. The first-order valence-corrected chi connectivity index (χ1v) is 4.97. The van der Waals surface area contributed by atoms with E-state index in [1.807, 2.05) is 6.20 Å². The second kappa shape index (κ2) is 2.71. The number of fused-ring (bicyclic) bond motifs is 3. The van der Waals surface area contributed by atoms with Crippen LogP contribution < -0.4 is 0 Å². The van der Waals surface area contributed by atoms with Gasteiger partial charge in [-0.1, -0.05) is 23.8 Å². The van der Waals surface area contributed by atoms with Crippen molar-refractivity contribution in [2.24, 2.45) is 0 Å². The highest BCUT2D eigenvalue weighted by atomic mass is 15.1. The fourth-order valence-corrected chi connectivity index (χ4v) is 2.18. The van der Waals surface area contributed by atoms with Crippen molar-refractivity contribution in [1.82, 2.24) is 10.2 Å². The van der Waals surface area contributed by atoms with Crippen LogP contribution in [0.15, 0.2) is 24.4 Å². The molecule has 3 rings (SSSR count). The molecule has 1 N–H and O–H groups in total. The molecular formula is C12H12N2. The quantitative estimate of drug-likeness (QED) is 0.669. The SMILES string of the molecule is Cc1ccc2c(c1)CCc1cn[nH]c1-2. The molecule has 0 unspecified atom stereocenters. The fraction of sp³-hybridized carbons (Fsp3) is 0.250. The van der Waals surface area contributed by atoms with Gasteiger partial charge in [-0.15, -0.1) is 0 Å². The molecule has 0 radical (unpaired) electrons. The van der Waals surface area contributed by atoms with Gasteiger partial charge in [-0.2, -0.15) is 5.10 Å². The molecule has 0 atom stereocenters. The van der Waals surface area contributed by atoms with Gasteiger partial charge in [-0.25, -0.2) is 0 Å². The van der Waals surface area contributed by atoms with Crippen LogP contribution in [-0.2, 0) is 12.8 Å². The van der Waals surface area contributed by atoms with Crippen LogP contribution in [0, 0.1) is 6.92 Å². The van der Waals surface area contributed by atoms with Gasteiger partial charge in [0, 0.05) is 5.56 Å². The van der Waals surface area contributed by atoms with Gasteiger partial charge in [0.15, 0.2) is 0 Å². The average molecular weight is 184 g/mol. The minimum Gasteiger partial charge on any atom is -0.278 e. The van der Waals surface area contributed by atoms with Gasteiger partial charge in [0.05, 0.1) is 11.9 Å². The number of aromatic amines is 1. The molecule has 1 aliphatic rings. The molecule has 1 aliphatic carbocycles. The Bertz CT molecular complexity index is 483. The van der Waals surface area contributed by atoms with E-state index in [1.165, 1.54) is 27.9 Å². The van der Waals surface area contributed by atoms with Crippen molar-refractivity contribution < 1.29 is 0 Å². The predicted molar refractivity (Wildman–Crippen MR) is 56.2 cm³/mol. The summed E-state index contributed by atoms with van der Waals surface area (Å²) in [6, 6.07) is 6.63. The van der Waals surface area contributed by atoms with Crippen molar-refractivity contribution in [3.8, 4) is 11.3 Å². The molecule has 2 nitrogen and oxygen atoms in total. The Morgan fingerprint density at radius 1 is 1.21 bits per heavy atom. The molecule has 0 fully saturated rings. The lowest BCUT2D eigenvalue weighted by Crippen LogP contribution is -2.02. The Hall–Kier alpha value is -1.57. The Morgan fingerprint density at radius 3 is 3.00 bits per heavy atom. The Kier molecular flexibility index (Phi) is 1.51. The van der Waals surface area contributed by atoms with Crippen LogP contribution in [0.3, 0.4) is 0 Å². The minimum atomic E-state index is 1.11. The third-order valence-electron chi connectivity index (χ3n) is 2.91. The second-order valence-electron chi connectivity index (χ2n) is 3.93. The number of aryl methyl sites for hydroxylation is 3. The van der Waals surface area contributed by atoms with Crippen molar-refractivity contribution in [2.45, 2.75) is 19.8 Å². The predicted octanol–water partition coefficient (Wildman–Crippen LogP) is 2.48. The van der Waals surface area contributed by atoms with Gasteiger partial charge in [0.1, 0.15) is 0 Å². The molecule has 14 heavy (non-hydrogen) atoms. The highest BCUT2D eigenvalue weighted by Gasteiger charge is 2.16. The van der Waals surface area contributed by atoms with E-state index in [-0.39, 0.29) is 0 Å². The molecule has 0 saturated heterocycles. The molecule has 1 aromatic heterocycles. The summed E-state index contributed by atoms with van der Waals surface area (Å²) < 4.78 is 0. The lowest BCUT2D eigenvalue weighted by atomic mass is 9.89. The smallest absolute Gasteiger partial charge is 0.0685 e. The summed E-state index contributed by atoms with van der Waals surface area (Å²) in [5.74, 6) is 0. The van der Waals surface area contributed by atoms with Crippen molar-refractivity contribution in [3.05, 3.63) is 41.1 Å². The molecule has 1 aromatic carbocycles. The number of benzene rings is 1. The lowest BCUT2D eigenvalue weighted by molar-refractivity contribution is 0.939. The van der Waals surface area contributed by atoms with E-state index in [9.17, 15) is 0 Å². The molecule has 2 heteroatoms. The number of hydrogen-bond donors (Lipinski definition) is 1. The standard InChI is InChI=1S/C12H12N2/c1-8-2-5-11-9(6-8)3-4-10-7-13-14-12(10)11/h2,5-7H,3-4H2,1H3,(H,13,14). The number of rotatable bonds is 0. The molecule has 0 aliphatic heterocycles. The molecule has 2 aromatic rings. The van der Waals surface area contributed by atoms with Crippen LogP contribution in [0.4, 0.5) is 0 Å². The van der Waals surface area contributed by atoms with E-state index in [0.29, 0.717) is 0 Å². The molecule has 70 valence electrons. The highest BCUT2D eigenvalue weighted by molar-refractivity contribution is 5.69. The summed E-state index contributed by atoms with van der Waals surface area (Å²) in [6.45, 7) is 2.14. The van der Waals surface area contributed by atoms with Crippen LogP contribution in [0.5, 0.6) is 0 Å². The summed E-state index contributed by atoms with van der Waals surface area (Å²) in [5, 5.41) is 7.18. The van der Waals surface area contributed by atoms with Gasteiger partial charge in [0.25, 0.3) is 0 Å². The third kappa shape index (κ3) is 1.00. The molecule has 0 saturated carbocycles. The first-order valence-electron chi connectivity index (χ1n) is 4.97. The van der Waals surface area contributed by atoms with Gasteiger partial charge >= 0.3 is 0 Å². The number of H-pyrrole nitrogens is 1. The topological polar surface area (TPSA) is 28.7 Å². The van der Waals surface area contributed by atoms with Crippen molar-refractivity contribution in [3.63, 3.8) is 0 Å². The van der Waals surface area contributed by atoms with Crippen LogP contribution in [0.25, 0.3) is 11.3 Å². The first kappa shape index (κ1) is 7.80. The normalized spacial score (nSPS) is 13.5. The van der Waals surface area contributed by atoms with Crippen LogP contribution >= 0.6 is 0 Å². The fourth-order valence-electron chi connectivity index (χ4n) is 2.18. The van der Waals surface area contributed by atoms with Gasteiger partial charge < -0.3 is 0 Å². The number of hydrogen-bond acceptors (Lipinski definition) is 1. The highest BCUT2D eigenvalue weighted by Crippen LogP contribution is 2.31. The molecule has 0 bridgehead atoms. The monoisotopic (exact) mass is 184 g/mol. The second-order valence-corrected chi connectivity index (χ2v) is 3.93. The van der Waals surface area contributed by atoms with Crippen LogP contribution in [0.2, 0.25) is 0 Å². The van der Waals surface area contributed by atoms with E-state index in [0.717, 1.165) is 12.8 Å². The molecular weight excluding hydrogens is 172 g/mol. The molecule has 0 spiro atoms. The Morgan fingerprint density at radius 2 is 2.07 bits per heavy atom. The van der Waals surface area contributed by atoms with Crippen LogP contribution in [0.1, 0.15) is 16.7 Å². The van der Waals surface area contributed by atoms with Crippen molar-refractivity contribution in [2.75, 3.05) is 0 Å². The Balaban J connectivity index is 2.26. The summed E-state index contributed by atoms with van der Waals surface area (Å²) in [5.41, 5.74) is 6.68. The summed E-state index contributed by atoms with van der Waals surface area (Å²) in [7, 11) is 0. The average Bonchev–Trinajstić information content (AvgIpc) is 2.65. The largest absolute Gasteiger partial charge is 0.278 e. The molecule has 1 heterocycles. The molecule has 0 amide bonds. The number of aromatic nitrogens is 2. The van der Waals surface area contributed by atoms with E-state index in [4.69, 9.17) is 0 Å². The summed E-state index contributed by atoms with van der Waals surface area (Å²) >= 11 is 0. The number of nitrogens with one attached hydrogen (secondary N) is 1. The van der Waals surface area contributed by atoms with Crippen molar-refractivity contribution >= 4 is 0 Å². The zero-order valence-corrected chi connectivity index (χ0v) is 8.17. The van der Waals surface area contributed by atoms with Crippen molar-refractivity contribution in [1.29, 1.82) is 0 Å². The van der Waals surface area contributed by atoms with Crippen LogP contribution in [-0.4, -0.2) is 10.2 Å². The van der Waals surface area contributed by atoms with E-state index in [1.54, 1.807) is 0 Å². The number of nitrogens with zero attached hydrogens (tertiary/aromatic N) is 1. The lowest BCUT2D eigenvalue weighted by Gasteiger charge is -2.15. The van der Waals surface area contributed by atoms with E-state index in [2.05, 4.69) is 35.3 Å². The van der Waals surface area contributed by atoms with Gasteiger partial charge in [0.2, 0.25) is 0 Å². The Labute approximate surface area is 83.0 Å². The van der Waals surface area contributed by atoms with Gasteiger partial charge in [-0.3, -0.25) is 5.10 Å². The zero-order chi connectivity index (χ0) is 9.54.